The number of hydrogen-bond acceptors (Lipinski definition) is 3. The molecule has 134 valence electrons. The molecule has 2 aromatic heterocycles. The van der Waals surface area contributed by atoms with E-state index in [2.05, 4.69) is 4.98 Å². The van der Waals surface area contributed by atoms with E-state index in [0.29, 0.717) is 32.6 Å². The summed E-state index contributed by atoms with van der Waals surface area (Å²) in [6, 6.07) is 11.9. The van der Waals surface area contributed by atoms with Gasteiger partial charge in [0, 0.05) is 48.2 Å². The summed E-state index contributed by atoms with van der Waals surface area (Å²) in [4.78, 5) is 34.0. The Balaban J connectivity index is 1.37. The van der Waals surface area contributed by atoms with Crippen LogP contribution in [0.1, 0.15) is 20.1 Å². The van der Waals surface area contributed by atoms with E-state index < -0.39 is 0 Å². The van der Waals surface area contributed by atoms with Crippen LogP contribution in [0.25, 0.3) is 10.9 Å². The van der Waals surface area contributed by atoms with Crippen molar-refractivity contribution >= 4 is 34.1 Å². The zero-order valence-corrected chi connectivity index (χ0v) is 15.5. The average Bonchev–Trinajstić information content (AvgIpc) is 3.28. The van der Waals surface area contributed by atoms with Gasteiger partial charge in [0.25, 0.3) is 5.91 Å². The van der Waals surface area contributed by atoms with Gasteiger partial charge in [-0.1, -0.05) is 18.2 Å². The predicted octanol–water partition coefficient (Wildman–Crippen LogP) is 3.06. The van der Waals surface area contributed by atoms with Crippen LogP contribution in [0.4, 0.5) is 0 Å². The number of piperazine rings is 1. The van der Waals surface area contributed by atoms with Gasteiger partial charge < -0.3 is 14.8 Å². The topological polar surface area (TPSA) is 56.4 Å². The van der Waals surface area contributed by atoms with Gasteiger partial charge in [-0.25, -0.2) is 0 Å². The van der Waals surface area contributed by atoms with Crippen LogP contribution in [0, 0.1) is 6.92 Å². The second kappa shape index (κ2) is 6.96. The van der Waals surface area contributed by atoms with Crippen LogP contribution < -0.4 is 0 Å². The second-order valence-electron chi connectivity index (χ2n) is 6.62. The molecule has 1 N–H and O–H groups in total. The van der Waals surface area contributed by atoms with E-state index in [1.54, 1.807) is 0 Å². The molecule has 0 unspecified atom stereocenters. The number of rotatable bonds is 3. The fraction of sp³-hybridized carbons (Fsp3) is 0.300. The molecule has 5 nitrogen and oxygen atoms in total. The minimum atomic E-state index is 0.0758. The molecular formula is C20H21N3O2S. The number of benzene rings is 1. The lowest BCUT2D eigenvalue weighted by Gasteiger charge is -2.34. The summed E-state index contributed by atoms with van der Waals surface area (Å²) < 4.78 is 0. The number of aromatic amines is 1. The monoisotopic (exact) mass is 367 g/mol. The maximum absolute atomic E-state index is 12.7. The molecule has 3 aromatic rings. The smallest absolute Gasteiger partial charge is 0.264 e. The number of nitrogens with zero attached hydrogens (tertiary/aromatic N) is 2. The first-order valence-electron chi connectivity index (χ1n) is 8.80. The lowest BCUT2D eigenvalue weighted by atomic mass is 10.1. The largest absolute Gasteiger partial charge is 0.361 e. The number of carbonyl (C=O) groups is 2. The van der Waals surface area contributed by atoms with E-state index in [1.807, 2.05) is 59.3 Å². The Hall–Kier alpha value is -2.60. The molecule has 1 aliphatic rings. The molecule has 1 aliphatic heterocycles. The minimum Gasteiger partial charge on any atom is -0.361 e. The van der Waals surface area contributed by atoms with E-state index in [0.717, 1.165) is 26.2 Å². The molecule has 1 aromatic carbocycles. The molecule has 1 fully saturated rings. The summed E-state index contributed by atoms with van der Waals surface area (Å²) >= 11 is 1.53. The number of carbonyl (C=O) groups excluding carboxylic acids is 2. The van der Waals surface area contributed by atoms with Crippen LogP contribution in [0.3, 0.4) is 0 Å². The molecule has 26 heavy (non-hydrogen) atoms. The van der Waals surface area contributed by atoms with Crippen LogP contribution >= 0.6 is 11.3 Å². The summed E-state index contributed by atoms with van der Waals surface area (Å²) in [5, 5.41) is 1.10. The number of amides is 2. The molecular weight excluding hydrogens is 346 g/mol. The highest BCUT2D eigenvalue weighted by Gasteiger charge is 2.25. The molecule has 0 radical (unpaired) electrons. The van der Waals surface area contributed by atoms with E-state index >= 15 is 0 Å². The Kier molecular flexibility index (Phi) is 4.51. The molecule has 0 saturated carbocycles. The fourth-order valence-corrected chi connectivity index (χ4v) is 4.25. The van der Waals surface area contributed by atoms with Crippen molar-refractivity contribution in [2.45, 2.75) is 13.3 Å². The van der Waals surface area contributed by atoms with Gasteiger partial charge in [-0.2, -0.15) is 0 Å². The first kappa shape index (κ1) is 16.8. The summed E-state index contributed by atoms with van der Waals surface area (Å²) in [5.74, 6) is 0.195. The van der Waals surface area contributed by atoms with Gasteiger partial charge in [0.2, 0.25) is 5.91 Å². The number of aromatic nitrogens is 1. The van der Waals surface area contributed by atoms with Gasteiger partial charge in [0.1, 0.15) is 0 Å². The quantitative estimate of drug-likeness (QED) is 0.773. The Morgan fingerprint density at radius 1 is 1.04 bits per heavy atom. The number of aryl methyl sites for hydroxylation is 1. The third-order valence-electron chi connectivity index (χ3n) is 4.89. The Morgan fingerprint density at radius 2 is 1.77 bits per heavy atom. The molecule has 6 heteroatoms. The van der Waals surface area contributed by atoms with E-state index in [-0.39, 0.29) is 11.8 Å². The first-order valence-corrected chi connectivity index (χ1v) is 9.62. The first-order chi connectivity index (χ1) is 12.6. The average molecular weight is 367 g/mol. The van der Waals surface area contributed by atoms with Gasteiger partial charge in [0.05, 0.1) is 11.3 Å². The minimum absolute atomic E-state index is 0.0758. The molecule has 0 bridgehead atoms. The predicted molar refractivity (Wildman–Crippen MR) is 104 cm³/mol. The van der Waals surface area contributed by atoms with Crippen LogP contribution in [-0.2, 0) is 11.2 Å². The zero-order valence-electron chi connectivity index (χ0n) is 14.7. The van der Waals surface area contributed by atoms with Crippen molar-refractivity contribution in [1.82, 2.24) is 14.8 Å². The SMILES string of the molecule is Cc1ccc(C(=O)N2CCN(C(=O)Cc3c[nH]c4ccccc34)CC2)s1. The third kappa shape index (κ3) is 3.24. The molecule has 0 aliphatic carbocycles. The van der Waals surface area contributed by atoms with E-state index in [4.69, 9.17) is 0 Å². The van der Waals surface area contributed by atoms with Crippen molar-refractivity contribution in [2.24, 2.45) is 0 Å². The fourth-order valence-electron chi connectivity index (χ4n) is 3.42. The molecule has 2 amide bonds. The second-order valence-corrected chi connectivity index (χ2v) is 7.91. The van der Waals surface area contributed by atoms with E-state index in [9.17, 15) is 9.59 Å². The highest BCUT2D eigenvalue weighted by molar-refractivity contribution is 7.13. The number of nitrogens with one attached hydrogen (secondary N) is 1. The lowest BCUT2D eigenvalue weighted by Crippen LogP contribution is -2.50. The molecule has 0 atom stereocenters. The Morgan fingerprint density at radius 3 is 2.50 bits per heavy atom. The van der Waals surface area contributed by atoms with Crippen LogP contribution in [0.2, 0.25) is 0 Å². The zero-order chi connectivity index (χ0) is 18.1. The maximum Gasteiger partial charge on any atom is 0.264 e. The summed E-state index contributed by atoms with van der Waals surface area (Å²) in [6.07, 6.45) is 2.31. The maximum atomic E-state index is 12.7. The normalized spacial score (nSPS) is 14.8. The number of hydrogen-bond donors (Lipinski definition) is 1. The summed E-state index contributed by atoms with van der Waals surface area (Å²) in [7, 11) is 0. The van der Waals surface area contributed by atoms with Gasteiger partial charge in [-0.3, -0.25) is 9.59 Å². The lowest BCUT2D eigenvalue weighted by molar-refractivity contribution is -0.131. The van der Waals surface area contributed by atoms with Gasteiger partial charge in [-0.05, 0) is 30.7 Å². The van der Waals surface area contributed by atoms with Gasteiger partial charge >= 0.3 is 0 Å². The van der Waals surface area contributed by atoms with Crippen molar-refractivity contribution in [1.29, 1.82) is 0 Å². The summed E-state index contributed by atoms with van der Waals surface area (Å²) in [6.45, 7) is 4.38. The molecule has 1 saturated heterocycles. The van der Waals surface area contributed by atoms with Gasteiger partial charge in [0.15, 0.2) is 0 Å². The number of para-hydroxylation sites is 1. The van der Waals surface area contributed by atoms with Crippen LogP contribution in [0.5, 0.6) is 0 Å². The van der Waals surface area contributed by atoms with Crippen LogP contribution in [-0.4, -0.2) is 52.8 Å². The standard InChI is InChI=1S/C20H21N3O2S/c1-14-6-7-18(26-14)20(25)23-10-8-22(9-11-23)19(24)12-15-13-21-17-5-3-2-4-16(15)17/h2-7,13,21H,8-12H2,1H3. The van der Waals surface area contributed by atoms with Crippen LogP contribution in [0.15, 0.2) is 42.6 Å². The third-order valence-corrected chi connectivity index (χ3v) is 5.88. The van der Waals surface area contributed by atoms with E-state index in [1.165, 1.54) is 11.3 Å². The van der Waals surface area contributed by atoms with Crippen molar-refractivity contribution < 1.29 is 9.59 Å². The van der Waals surface area contributed by atoms with Crippen molar-refractivity contribution in [3.63, 3.8) is 0 Å². The summed E-state index contributed by atoms with van der Waals surface area (Å²) in [5.41, 5.74) is 2.08. The van der Waals surface area contributed by atoms with Crippen molar-refractivity contribution in [2.75, 3.05) is 26.2 Å². The number of thiophene rings is 1. The molecule has 3 heterocycles. The number of H-pyrrole nitrogens is 1. The Labute approximate surface area is 156 Å². The molecule has 0 spiro atoms. The Bertz CT molecular complexity index is 951. The number of fused-ring (bicyclic) bond motifs is 1. The van der Waals surface area contributed by atoms with Crippen molar-refractivity contribution in [3.05, 3.63) is 57.9 Å². The highest BCUT2D eigenvalue weighted by Crippen LogP contribution is 2.20. The highest BCUT2D eigenvalue weighted by atomic mass is 32.1. The van der Waals surface area contributed by atoms with Crippen molar-refractivity contribution in [3.8, 4) is 0 Å². The molecule has 4 rings (SSSR count). The van der Waals surface area contributed by atoms with Gasteiger partial charge in [-0.15, -0.1) is 11.3 Å².